The Kier molecular flexibility index (Phi) is 2.94. The van der Waals surface area contributed by atoms with Crippen molar-refractivity contribution in [1.82, 2.24) is 4.98 Å². The number of nitrogens with one attached hydrogen (secondary N) is 1. The molecule has 98 valence electrons. The molecule has 19 heavy (non-hydrogen) atoms. The molecule has 1 aromatic heterocycles. The average molecular weight is 252 g/mol. The topological polar surface area (TPSA) is 41.8 Å². The van der Waals surface area contributed by atoms with Crippen molar-refractivity contribution in [3.8, 4) is 0 Å². The lowest BCUT2D eigenvalue weighted by molar-refractivity contribution is 0.796. The summed E-state index contributed by atoms with van der Waals surface area (Å²) < 4.78 is 0. The molecule has 0 amide bonds. The van der Waals surface area contributed by atoms with Gasteiger partial charge in [-0.15, -0.1) is 0 Å². The molecular weight excluding hydrogens is 232 g/mol. The Balaban J connectivity index is 2.25. The SMILES string of the molecule is CCCCc1cc(N)c2[nH]c3ccc(C)cc3c2c1. The molecule has 0 fully saturated rings. The Hall–Kier alpha value is -1.96. The second kappa shape index (κ2) is 4.61. The van der Waals surface area contributed by atoms with E-state index in [4.69, 9.17) is 5.73 Å². The molecule has 0 radical (unpaired) electrons. The third-order valence-electron chi connectivity index (χ3n) is 3.77. The lowest BCUT2D eigenvalue weighted by Crippen LogP contribution is -1.91. The van der Waals surface area contributed by atoms with Gasteiger partial charge in [0.05, 0.1) is 11.2 Å². The Labute approximate surface area is 113 Å². The molecular formula is C17H20N2. The van der Waals surface area contributed by atoms with E-state index in [9.17, 15) is 0 Å². The number of fused-ring (bicyclic) bond motifs is 3. The lowest BCUT2D eigenvalue weighted by Gasteiger charge is -2.04. The first-order chi connectivity index (χ1) is 9.19. The van der Waals surface area contributed by atoms with Crippen molar-refractivity contribution < 1.29 is 0 Å². The predicted octanol–water partition coefficient (Wildman–Crippen LogP) is 4.55. The maximum Gasteiger partial charge on any atom is 0.0698 e. The fourth-order valence-electron chi connectivity index (χ4n) is 2.73. The van der Waals surface area contributed by atoms with Crippen LogP contribution in [0.25, 0.3) is 21.8 Å². The molecule has 0 aliphatic heterocycles. The third-order valence-corrected chi connectivity index (χ3v) is 3.77. The number of nitrogen functional groups attached to an aromatic ring is 1. The molecule has 0 aliphatic carbocycles. The summed E-state index contributed by atoms with van der Waals surface area (Å²) in [5, 5.41) is 2.53. The number of anilines is 1. The molecule has 0 aliphatic rings. The average Bonchev–Trinajstić information content (AvgIpc) is 2.75. The van der Waals surface area contributed by atoms with Crippen molar-refractivity contribution in [3.63, 3.8) is 0 Å². The highest BCUT2D eigenvalue weighted by atomic mass is 14.7. The number of rotatable bonds is 3. The van der Waals surface area contributed by atoms with Gasteiger partial charge < -0.3 is 10.7 Å². The smallest absolute Gasteiger partial charge is 0.0698 e. The van der Waals surface area contributed by atoms with Gasteiger partial charge in [-0.05, 0) is 49.6 Å². The van der Waals surface area contributed by atoms with Crippen LogP contribution in [0.4, 0.5) is 5.69 Å². The number of unbranched alkanes of at least 4 members (excludes halogenated alkanes) is 1. The first-order valence-corrected chi connectivity index (χ1v) is 6.99. The minimum Gasteiger partial charge on any atom is -0.397 e. The van der Waals surface area contributed by atoms with Crippen LogP contribution in [0.2, 0.25) is 0 Å². The van der Waals surface area contributed by atoms with E-state index in [1.165, 1.54) is 40.3 Å². The van der Waals surface area contributed by atoms with E-state index in [0.717, 1.165) is 17.6 Å². The van der Waals surface area contributed by atoms with Crippen LogP contribution < -0.4 is 5.73 Å². The summed E-state index contributed by atoms with van der Waals surface area (Å²) in [5.41, 5.74) is 11.9. The van der Waals surface area contributed by atoms with Gasteiger partial charge in [-0.25, -0.2) is 0 Å². The van der Waals surface area contributed by atoms with Crippen molar-refractivity contribution in [2.45, 2.75) is 33.1 Å². The monoisotopic (exact) mass is 252 g/mol. The van der Waals surface area contributed by atoms with Crippen molar-refractivity contribution in [3.05, 3.63) is 41.5 Å². The zero-order valence-corrected chi connectivity index (χ0v) is 11.6. The van der Waals surface area contributed by atoms with E-state index < -0.39 is 0 Å². The maximum absolute atomic E-state index is 6.20. The van der Waals surface area contributed by atoms with Gasteiger partial charge in [0.25, 0.3) is 0 Å². The van der Waals surface area contributed by atoms with Crippen LogP contribution in [0.1, 0.15) is 30.9 Å². The molecule has 2 nitrogen and oxygen atoms in total. The molecule has 3 rings (SSSR count). The second-order valence-electron chi connectivity index (χ2n) is 5.39. The van der Waals surface area contributed by atoms with Gasteiger partial charge in [0.2, 0.25) is 0 Å². The summed E-state index contributed by atoms with van der Waals surface area (Å²) in [5.74, 6) is 0. The molecule has 2 aromatic carbocycles. The maximum atomic E-state index is 6.20. The predicted molar refractivity (Wildman–Crippen MR) is 83.6 cm³/mol. The summed E-state index contributed by atoms with van der Waals surface area (Å²) in [6.45, 7) is 4.35. The van der Waals surface area contributed by atoms with Gasteiger partial charge in [-0.3, -0.25) is 0 Å². The molecule has 1 heterocycles. The highest BCUT2D eigenvalue weighted by Crippen LogP contribution is 2.31. The fraction of sp³-hybridized carbons (Fsp3) is 0.294. The zero-order valence-electron chi connectivity index (χ0n) is 11.6. The number of aryl methyl sites for hydroxylation is 2. The number of hydrogen-bond donors (Lipinski definition) is 2. The van der Waals surface area contributed by atoms with E-state index in [0.29, 0.717) is 0 Å². The number of aromatic nitrogens is 1. The molecule has 0 atom stereocenters. The molecule has 0 unspecified atom stereocenters. The van der Waals surface area contributed by atoms with Crippen LogP contribution in [0.15, 0.2) is 30.3 Å². The van der Waals surface area contributed by atoms with E-state index in [-0.39, 0.29) is 0 Å². The highest BCUT2D eigenvalue weighted by molar-refractivity contribution is 6.11. The minimum absolute atomic E-state index is 0.859. The molecule has 2 heteroatoms. The molecule has 0 saturated carbocycles. The highest BCUT2D eigenvalue weighted by Gasteiger charge is 2.08. The van der Waals surface area contributed by atoms with Gasteiger partial charge in [-0.2, -0.15) is 0 Å². The number of benzene rings is 2. The van der Waals surface area contributed by atoms with E-state index in [1.54, 1.807) is 0 Å². The van der Waals surface area contributed by atoms with E-state index in [1.807, 2.05) is 0 Å². The zero-order chi connectivity index (χ0) is 13.4. The summed E-state index contributed by atoms with van der Waals surface area (Å²) >= 11 is 0. The van der Waals surface area contributed by atoms with Gasteiger partial charge in [0, 0.05) is 16.3 Å². The normalized spacial score (nSPS) is 11.5. The number of aromatic amines is 1. The van der Waals surface area contributed by atoms with Crippen LogP contribution in [-0.4, -0.2) is 4.98 Å². The van der Waals surface area contributed by atoms with Crippen LogP contribution in [0.3, 0.4) is 0 Å². The Morgan fingerprint density at radius 3 is 2.74 bits per heavy atom. The minimum atomic E-state index is 0.859. The molecule has 3 aromatic rings. The van der Waals surface area contributed by atoms with Gasteiger partial charge in [-0.1, -0.05) is 25.0 Å². The standard InChI is InChI=1S/C17H20N2/c1-3-4-5-12-9-14-13-8-11(2)6-7-16(13)19-17(14)15(18)10-12/h6-10,19H,3-5,18H2,1-2H3. The van der Waals surface area contributed by atoms with Crippen molar-refractivity contribution >= 4 is 27.5 Å². The van der Waals surface area contributed by atoms with E-state index >= 15 is 0 Å². The molecule has 0 saturated heterocycles. The van der Waals surface area contributed by atoms with E-state index in [2.05, 4.69) is 49.2 Å². The summed E-state index contributed by atoms with van der Waals surface area (Å²) in [6.07, 6.45) is 3.53. The van der Waals surface area contributed by atoms with Crippen molar-refractivity contribution in [2.24, 2.45) is 0 Å². The Morgan fingerprint density at radius 1 is 1.11 bits per heavy atom. The first-order valence-electron chi connectivity index (χ1n) is 6.99. The molecule has 0 bridgehead atoms. The summed E-state index contributed by atoms with van der Waals surface area (Å²) in [6, 6.07) is 10.9. The van der Waals surface area contributed by atoms with Gasteiger partial charge in [0.1, 0.15) is 0 Å². The van der Waals surface area contributed by atoms with Gasteiger partial charge in [0.15, 0.2) is 0 Å². The summed E-state index contributed by atoms with van der Waals surface area (Å²) in [7, 11) is 0. The number of nitrogens with two attached hydrogens (primary N) is 1. The largest absolute Gasteiger partial charge is 0.397 e. The Bertz CT molecular complexity index is 738. The molecule has 0 spiro atoms. The van der Waals surface area contributed by atoms with Gasteiger partial charge >= 0.3 is 0 Å². The second-order valence-corrected chi connectivity index (χ2v) is 5.39. The first kappa shape index (κ1) is 12.1. The quantitative estimate of drug-likeness (QED) is 0.659. The number of hydrogen-bond acceptors (Lipinski definition) is 1. The van der Waals surface area contributed by atoms with Crippen LogP contribution in [0, 0.1) is 6.92 Å². The third kappa shape index (κ3) is 2.07. The van der Waals surface area contributed by atoms with Crippen molar-refractivity contribution in [2.75, 3.05) is 5.73 Å². The number of H-pyrrole nitrogens is 1. The fourth-order valence-corrected chi connectivity index (χ4v) is 2.73. The summed E-state index contributed by atoms with van der Waals surface area (Å²) in [4.78, 5) is 3.43. The lowest BCUT2D eigenvalue weighted by atomic mass is 10.0. The van der Waals surface area contributed by atoms with Crippen LogP contribution in [0.5, 0.6) is 0 Å². The van der Waals surface area contributed by atoms with Crippen LogP contribution >= 0.6 is 0 Å². The molecule has 3 N–H and O–H groups in total. The van der Waals surface area contributed by atoms with Crippen LogP contribution in [-0.2, 0) is 6.42 Å². The Morgan fingerprint density at radius 2 is 1.95 bits per heavy atom. The van der Waals surface area contributed by atoms with Crippen molar-refractivity contribution in [1.29, 1.82) is 0 Å².